The Labute approximate surface area is 185 Å². The average molecular weight is 438 g/mol. The molecule has 2 aliphatic rings. The van der Waals surface area contributed by atoms with Crippen molar-refractivity contribution < 1.29 is 19.1 Å². The zero-order chi connectivity index (χ0) is 22.0. The normalized spacial score (nSPS) is 19.3. The summed E-state index contributed by atoms with van der Waals surface area (Å²) in [7, 11) is 0. The molecule has 0 saturated carbocycles. The second kappa shape index (κ2) is 8.92. The lowest BCUT2D eigenvalue weighted by Gasteiger charge is -2.24. The number of carbonyl (C=O) groups is 3. The van der Waals surface area contributed by atoms with Gasteiger partial charge in [-0.1, -0.05) is 5.92 Å². The smallest absolute Gasteiger partial charge is 0.261 e. The second-order valence-corrected chi connectivity index (χ2v) is 8.65. The van der Waals surface area contributed by atoms with Crippen LogP contribution in [-0.2, 0) is 14.3 Å². The van der Waals surface area contributed by atoms with Gasteiger partial charge in [-0.2, -0.15) is 0 Å². The predicted octanol–water partition coefficient (Wildman–Crippen LogP) is 2.33. The van der Waals surface area contributed by atoms with E-state index in [9.17, 15) is 14.4 Å². The van der Waals surface area contributed by atoms with Crippen LogP contribution in [0.5, 0.6) is 0 Å². The summed E-state index contributed by atoms with van der Waals surface area (Å²) in [5, 5.41) is 2.93. The summed E-state index contributed by atoms with van der Waals surface area (Å²) >= 11 is 1.25. The number of rotatable bonds is 4. The van der Waals surface area contributed by atoms with Crippen molar-refractivity contribution in [2.45, 2.75) is 25.8 Å². The number of aryl methyl sites for hydroxylation is 1. The molecular formula is C23H23N3O4S. The maximum absolute atomic E-state index is 12.6. The Morgan fingerprint density at radius 3 is 2.77 bits per heavy atom. The Hall–Kier alpha value is -3.15. The van der Waals surface area contributed by atoms with Crippen molar-refractivity contribution in [3.8, 4) is 12.3 Å². The Morgan fingerprint density at radius 1 is 1.19 bits per heavy atom. The highest BCUT2D eigenvalue weighted by Gasteiger charge is 2.32. The number of terminal acetylenes is 1. The highest BCUT2D eigenvalue weighted by Crippen LogP contribution is 2.29. The lowest BCUT2D eigenvalue weighted by molar-refractivity contribution is -0.119. The fraction of sp³-hybridized carbons (Fsp3) is 0.348. The summed E-state index contributed by atoms with van der Waals surface area (Å²) in [4.78, 5) is 42.1. The molecule has 1 aromatic carbocycles. The highest BCUT2D eigenvalue weighted by atomic mass is 32.1. The minimum Gasteiger partial charge on any atom is -0.379 e. The Bertz CT molecular complexity index is 1070. The topological polar surface area (TPSA) is 79.0 Å². The van der Waals surface area contributed by atoms with Crippen LogP contribution in [0.2, 0.25) is 0 Å². The van der Waals surface area contributed by atoms with Crippen LogP contribution in [0.4, 0.5) is 11.4 Å². The number of benzene rings is 1. The first-order valence-corrected chi connectivity index (χ1v) is 10.9. The lowest BCUT2D eigenvalue weighted by Crippen LogP contribution is -2.36. The number of anilines is 2. The van der Waals surface area contributed by atoms with Gasteiger partial charge in [0, 0.05) is 30.9 Å². The zero-order valence-electron chi connectivity index (χ0n) is 17.2. The maximum atomic E-state index is 12.6. The zero-order valence-corrected chi connectivity index (χ0v) is 18.0. The molecular weight excluding hydrogens is 414 g/mol. The van der Waals surface area contributed by atoms with Crippen molar-refractivity contribution in [2.24, 2.45) is 0 Å². The molecule has 31 heavy (non-hydrogen) atoms. The first kappa shape index (κ1) is 21.1. The SMILES string of the molecule is C#Cc1ccc(C(=O)NC2CC(=O)N(c3ccc(N4CCOCCC4=O)c(C)c3)C2)s1. The van der Waals surface area contributed by atoms with E-state index >= 15 is 0 Å². The number of nitrogens with zero attached hydrogens (tertiary/aromatic N) is 2. The third-order valence-corrected chi connectivity index (χ3v) is 6.45. The van der Waals surface area contributed by atoms with E-state index in [1.165, 1.54) is 11.3 Å². The van der Waals surface area contributed by atoms with E-state index in [0.29, 0.717) is 42.5 Å². The number of hydrogen-bond acceptors (Lipinski definition) is 5. The van der Waals surface area contributed by atoms with Crippen LogP contribution in [0.25, 0.3) is 0 Å². The van der Waals surface area contributed by atoms with Crippen LogP contribution in [0.15, 0.2) is 30.3 Å². The molecule has 8 heteroatoms. The molecule has 2 saturated heterocycles. The molecule has 1 atom stereocenters. The van der Waals surface area contributed by atoms with Crippen molar-refractivity contribution in [2.75, 3.05) is 36.1 Å². The van der Waals surface area contributed by atoms with E-state index in [0.717, 1.165) is 16.9 Å². The van der Waals surface area contributed by atoms with Crippen LogP contribution in [0.1, 0.15) is 33.0 Å². The fourth-order valence-corrected chi connectivity index (χ4v) is 4.61. The van der Waals surface area contributed by atoms with Crippen molar-refractivity contribution >= 4 is 40.4 Å². The molecule has 2 aromatic rings. The minimum atomic E-state index is -0.277. The van der Waals surface area contributed by atoms with Crippen molar-refractivity contribution in [1.82, 2.24) is 5.32 Å². The number of ether oxygens (including phenoxy) is 1. The van der Waals surface area contributed by atoms with Crippen LogP contribution in [-0.4, -0.2) is 50.1 Å². The third-order valence-electron chi connectivity index (χ3n) is 5.44. The van der Waals surface area contributed by atoms with Gasteiger partial charge in [-0.15, -0.1) is 17.8 Å². The van der Waals surface area contributed by atoms with E-state index in [1.807, 2.05) is 25.1 Å². The number of amides is 3. The van der Waals surface area contributed by atoms with E-state index < -0.39 is 0 Å². The summed E-state index contributed by atoms with van der Waals surface area (Å²) in [6.45, 7) is 3.79. The second-order valence-electron chi connectivity index (χ2n) is 7.57. The Balaban J connectivity index is 1.45. The van der Waals surface area contributed by atoms with Gasteiger partial charge in [-0.05, 0) is 42.8 Å². The molecule has 0 aliphatic carbocycles. The molecule has 0 bridgehead atoms. The van der Waals surface area contributed by atoms with Gasteiger partial charge in [0.25, 0.3) is 5.91 Å². The summed E-state index contributed by atoms with van der Waals surface area (Å²) in [5.74, 6) is 2.28. The van der Waals surface area contributed by atoms with Crippen LogP contribution in [0, 0.1) is 19.3 Å². The van der Waals surface area contributed by atoms with Gasteiger partial charge < -0.3 is 19.9 Å². The first-order valence-electron chi connectivity index (χ1n) is 10.1. The summed E-state index contributed by atoms with van der Waals surface area (Å²) in [6.07, 6.45) is 5.96. The van der Waals surface area contributed by atoms with Gasteiger partial charge in [0.1, 0.15) is 0 Å². The van der Waals surface area contributed by atoms with Gasteiger partial charge in [0.05, 0.1) is 35.4 Å². The molecule has 0 radical (unpaired) electrons. The molecule has 3 heterocycles. The molecule has 1 aromatic heterocycles. The van der Waals surface area contributed by atoms with Crippen LogP contribution in [0.3, 0.4) is 0 Å². The Kier molecular flexibility index (Phi) is 6.07. The van der Waals surface area contributed by atoms with Gasteiger partial charge >= 0.3 is 0 Å². The number of hydrogen-bond donors (Lipinski definition) is 1. The quantitative estimate of drug-likeness (QED) is 0.745. The molecule has 1 N–H and O–H groups in total. The molecule has 2 aliphatic heterocycles. The lowest BCUT2D eigenvalue weighted by atomic mass is 10.1. The molecule has 2 fully saturated rings. The standard InChI is InChI=1S/C23H23N3O4S/c1-3-18-5-7-20(31-18)23(29)24-16-13-22(28)26(14-16)17-4-6-19(15(2)12-17)25-9-11-30-10-8-21(25)27/h1,4-7,12,16H,8-11,13-14H2,2H3,(H,24,29). The van der Waals surface area contributed by atoms with Crippen LogP contribution >= 0.6 is 11.3 Å². The predicted molar refractivity (Wildman–Crippen MR) is 119 cm³/mol. The van der Waals surface area contributed by atoms with Gasteiger partial charge in [-0.25, -0.2) is 0 Å². The Morgan fingerprint density at radius 2 is 2.03 bits per heavy atom. The minimum absolute atomic E-state index is 0.0370. The largest absolute Gasteiger partial charge is 0.379 e. The van der Waals surface area contributed by atoms with Gasteiger partial charge in [0.2, 0.25) is 11.8 Å². The van der Waals surface area contributed by atoms with Crippen LogP contribution < -0.4 is 15.1 Å². The van der Waals surface area contributed by atoms with E-state index in [-0.39, 0.29) is 30.2 Å². The molecule has 4 rings (SSSR count). The summed E-state index contributed by atoms with van der Waals surface area (Å²) in [5.41, 5.74) is 2.50. The molecule has 0 spiro atoms. The highest BCUT2D eigenvalue weighted by molar-refractivity contribution is 7.14. The van der Waals surface area contributed by atoms with E-state index in [2.05, 4.69) is 11.2 Å². The van der Waals surface area contributed by atoms with E-state index in [4.69, 9.17) is 11.2 Å². The molecule has 7 nitrogen and oxygen atoms in total. The third kappa shape index (κ3) is 4.48. The molecule has 1 unspecified atom stereocenters. The van der Waals surface area contributed by atoms with E-state index in [1.54, 1.807) is 21.9 Å². The number of carbonyl (C=O) groups excluding carboxylic acids is 3. The van der Waals surface area contributed by atoms with Crippen molar-refractivity contribution in [3.05, 3.63) is 45.6 Å². The molecule has 160 valence electrons. The number of thiophene rings is 1. The van der Waals surface area contributed by atoms with Gasteiger partial charge in [0.15, 0.2) is 0 Å². The average Bonchev–Trinajstić information content (AvgIpc) is 3.31. The first-order chi connectivity index (χ1) is 15.0. The van der Waals surface area contributed by atoms with Crippen molar-refractivity contribution in [3.63, 3.8) is 0 Å². The van der Waals surface area contributed by atoms with Gasteiger partial charge in [-0.3, -0.25) is 14.4 Å². The molecule has 3 amide bonds. The monoisotopic (exact) mass is 437 g/mol. The fourth-order valence-electron chi connectivity index (χ4n) is 3.89. The van der Waals surface area contributed by atoms with Crippen molar-refractivity contribution in [1.29, 1.82) is 0 Å². The summed E-state index contributed by atoms with van der Waals surface area (Å²) < 4.78 is 5.40. The maximum Gasteiger partial charge on any atom is 0.261 e. The number of nitrogens with one attached hydrogen (secondary N) is 1. The summed E-state index contributed by atoms with van der Waals surface area (Å²) in [6, 6.07) is 8.79.